The topological polar surface area (TPSA) is 20.3 Å². The van der Waals surface area contributed by atoms with E-state index < -0.39 is 0 Å². The first-order valence-corrected chi connectivity index (χ1v) is 7.59. The maximum Gasteiger partial charge on any atom is 0.282 e. The van der Waals surface area contributed by atoms with Crippen molar-refractivity contribution in [2.75, 3.05) is 6.54 Å². The van der Waals surface area contributed by atoms with Crippen molar-refractivity contribution in [1.82, 2.24) is 4.90 Å². The molecule has 1 aromatic heterocycles. The normalized spacial score (nSPS) is 21.1. The summed E-state index contributed by atoms with van der Waals surface area (Å²) in [6.45, 7) is 3.10. The Kier molecular flexibility index (Phi) is 4.29. The molecule has 0 N–H and O–H groups in total. The van der Waals surface area contributed by atoms with Crippen LogP contribution in [0.15, 0.2) is 17.5 Å². The summed E-state index contributed by atoms with van der Waals surface area (Å²) < 4.78 is 0. The molecule has 2 heterocycles. The van der Waals surface area contributed by atoms with Crippen LogP contribution in [0.3, 0.4) is 0 Å². The molecule has 1 fully saturated rings. The maximum atomic E-state index is 12.0. The molecular weight excluding hydrogens is 238 g/mol. The molecule has 4 heteroatoms. The van der Waals surface area contributed by atoms with Crippen LogP contribution in [0.5, 0.6) is 0 Å². The number of hydrogen-bond donors (Lipinski definition) is 0. The zero-order chi connectivity index (χ0) is 11.4. The van der Waals surface area contributed by atoms with Gasteiger partial charge in [0, 0.05) is 23.2 Å². The first kappa shape index (κ1) is 12.0. The van der Waals surface area contributed by atoms with Crippen LogP contribution in [0.2, 0.25) is 0 Å². The van der Waals surface area contributed by atoms with E-state index in [0.29, 0.717) is 6.04 Å². The fourth-order valence-electron chi connectivity index (χ4n) is 1.98. The quantitative estimate of drug-likeness (QED) is 0.797. The summed E-state index contributed by atoms with van der Waals surface area (Å²) >= 11 is 3.16. The van der Waals surface area contributed by atoms with Crippen molar-refractivity contribution in [2.24, 2.45) is 0 Å². The first-order chi connectivity index (χ1) is 7.77. The van der Waals surface area contributed by atoms with E-state index in [0.717, 1.165) is 25.1 Å². The third-order valence-electron chi connectivity index (χ3n) is 2.96. The first-order valence-electron chi connectivity index (χ1n) is 5.73. The molecule has 1 aromatic rings. The minimum absolute atomic E-state index is 0.251. The number of thioether (sulfide) groups is 1. The van der Waals surface area contributed by atoms with Gasteiger partial charge in [-0.3, -0.25) is 4.79 Å². The van der Waals surface area contributed by atoms with Gasteiger partial charge in [0.2, 0.25) is 0 Å². The second kappa shape index (κ2) is 5.73. The minimum Gasteiger partial charge on any atom is -0.331 e. The highest BCUT2D eigenvalue weighted by Gasteiger charge is 2.23. The summed E-state index contributed by atoms with van der Waals surface area (Å²) in [5, 5.41) is 2.31. The minimum atomic E-state index is 0.251. The largest absolute Gasteiger partial charge is 0.331 e. The van der Waals surface area contributed by atoms with Gasteiger partial charge in [-0.1, -0.05) is 17.8 Å². The molecule has 0 spiro atoms. The summed E-state index contributed by atoms with van der Waals surface area (Å²) in [5.74, 6) is 0.819. The van der Waals surface area contributed by atoms with Crippen LogP contribution in [0.1, 0.15) is 31.1 Å². The van der Waals surface area contributed by atoms with Crippen molar-refractivity contribution in [3.8, 4) is 0 Å². The Balaban J connectivity index is 1.83. The molecule has 1 atom stereocenters. The smallest absolute Gasteiger partial charge is 0.282 e. The van der Waals surface area contributed by atoms with Crippen molar-refractivity contribution >= 4 is 28.3 Å². The van der Waals surface area contributed by atoms with Gasteiger partial charge in [0.05, 0.1) is 0 Å². The van der Waals surface area contributed by atoms with Crippen LogP contribution in [0, 0.1) is 0 Å². The van der Waals surface area contributed by atoms with Crippen LogP contribution in [-0.4, -0.2) is 22.7 Å². The molecule has 0 radical (unpaired) electrons. The molecule has 2 nitrogen and oxygen atoms in total. The van der Waals surface area contributed by atoms with Crippen molar-refractivity contribution in [2.45, 2.75) is 38.0 Å². The number of amides is 1. The predicted octanol–water partition coefficient (Wildman–Crippen LogP) is 3.98. The Morgan fingerprint density at radius 3 is 3.19 bits per heavy atom. The molecule has 1 aliphatic rings. The SMILES string of the molecule is CC1CCCCN1C(=O)SCc1cccs1. The second-order valence-corrected chi connectivity index (χ2v) is 6.13. The van der Waals surface area contributed by atoms with Gasteiger partial charge < -0.3 is 4.90 Å². The Morgan fingerprint density at radius 2 is 2.50 bits per heavy atom. The standard InChI is InChI=1S/C12H17NOS2/c1-10-5-2-3-7-13(10)12(14)16-9-11-6-4-8-15-11/h4,6,8,10H,2-3,5,7,9H2,1H3. The number of likely N-dealkylation sites (tertiary alicyclic amines) is 1. The van der Waals surface area contributed by atoms with E-state index in [4.69, 9.17) is 0 Å². The predicted molar refractivity (Wildman–Crippen MR) is 71.0 cm³/mol. The van der Waals surface area contributed by atoms with Crippen molar-refractivity contribution < 1.29 is 4.79 Å². The molecule has 1 unspecified atom stereocenters. The molecule has 1 saturated heterocycles. The van der Waals surface area contributed by atoms with E-state index >= 15 is 0 Å². The molecule has 1 aliphatic heterocycles. The summed E-state index contributed by atoms with van der Waals surface area (Å²) in [4.78, 5) is 15.3. The van der Waals surface area contributed by atoms with Crippen molar-refractivity contribution in [1.29, 1.82) is 0 Å². The Bertz CT molecular complexity index is 337. The lowest BCUT2D eigenvalue weighted by Gasteiger charge is -2.32. The lowest BCUT2D eigenvalue weighted by Crippen LogP contribution is -2.39. The van der Waals surface area contributed by atoms with Crippen LogP contribution in [0.4, 0.5) is 4.79 Å². The third kappa shape index (κ3) is 3.01. The van der Waals surface area contributed by atoms with Gasteiger partial charge in [-0.05, 0) is 37.6 Å². The maximum absolute atomic E-state index is 12.0. The fourth-order valence-corrected chi connectivity index (χ4v) is 3.72. The summed E-state index contributed by atoms with van der Waals surface area (Å²) in [6.07, 6.45) is 3.58. The van der Waals surface area contributed by atoms with Crippen molar-refractivity contribution in [3.05, 3.63) is 22.4 Å². The highest BCUT2D eigenvalue weighted by molar-refractivity contribution is 8.12. The number of carbonyl (C=O) groups excluding carboxylic acids is 1. The van der Waals surface area contributed by atoms with E-state index in [9.17, 15) is 4.79 Å². The average Bonchev–Trinajstić information content (AvgIpc) is 2.79. The number of carbonyl (C=O) groups is 1. The monoisotopic (exact) mass is 255 g/mol. The summed E-state index contributed by atoms with van der Waals surface area (Å²) in [7, 11) is 0. The molecule has 2 rings (SSSR count). The van der Waals surface area contributed by atoms with Crippen molar-refractivity contribution in [3.63, 3.8) is 0 Å². The lowest BCUT2D eigenvalue weighted by molar-refractivity contribution is 0.181. The number of nitrogens with zero attached hydrogens (tertiary/aromatic N) is 1. The highest BCUT2D eigenvalue weighted by atomic mass is 32.2. The van der Waals surface area contributed by atoms with E-state index in [1.807, 2.05) is 11.0 Å². The molecule has 0 saturated carbocycles. The van der Waals surface area contributed by atoms with Gasteiger partial charge in [-0.25, -0.2) is 0 Å². The van der Waals surface area contributed by atoms with E-state index in [1.165, 1.54) is 23.1 Å². The third-order valence-corrected chi connectivity index (χ3v) is 4.95. The average molecular weight is 255 g/mol. The number of piperidine rings is 1. The lowest BCUT2D eigenvalue weighted by atomic mass is 10.1. The molecule has 0 aliphatic carbocycles. The number of rotatable bonds is 2. The van der Waals surface area contributed by atoms with Gasteiger partial charge in [-0.15, -0.1) is 11.3 Å². The van der Waals surface area contributed by atoms with Gasteiger partial charge >= 0.3 is 0 Å². The zero-order valence-corrected chi connectivity index (χ0v) is 11.1. The Labute approximate surface area is 105 Å². The van der Waals surface area contributed by atoms with Crippen LogP contribution >= 0.6 is 23.1 Å². The molecule has 1 amide bonds. The Hall–Kier alpha value is -0.480. The van der Waals surface area contributed by atoms with E-state index in [-0.39, 0.29) is 5.24 Å². The molecular formula is C12H17NOS2. The van der Waals surface area contributed by atoms with Gasteiger partial charge in [0.1, 0.15) is 0 Å². The van der Waals surface area contributed by atoms with Gasteiger partial charge in [0.25, 0.3) is 5.24 Å². The number of thiophene rings is 1. The fraction of sp³-hybridized carbons (Fsp3) is 0.583. The van der Waals surface area contributed by atoms with Crippen LogP contribution in [-0.2, 0) is 5.75 Å². The van der Waals surface area contributed by atoms with Crippen LogP contribution in [0.25, 0.3) is 0 Å². The highest BCUT2D eigenvalue weighted by Crippen LogP contribution is 2.24. The van der Waals surface area contributed by atoms with Gasteiger partial charge in [0.15, 0.2) is 0 Å². The van der Waals surface area contributed by atoms with E-state index in [1.54, 1.807) is 11.3 Å². The van der Waals surface area contributed by atoms with E-state index in [2.05, 4.69) is 18.4 Å². The number of hydrogen-bond acceptors (Lipinski definition) is 3. The molecule has 88 valence electrons. The summed E-state index contributed by atoms with van der Waals surface area (Å²) in [6, 6.07) is 4.55. The molecule has 0 aromatic carbocycles. The second-order valence-electron chi connectivity index (χ2n) is 4.17. The molecule has 0 bridgehead atoms. The zero-order valence-electron chi connectivity index (χ0n) is 9.52. The molecule has 16 heavy (non-hydrogen) atoms. The summed E-state index contributed by atoms with van der Waals surface area (Å²) in [5.41, 5.74) is 0. The van der Waals surface area contributed by atoms with Gasteiger partial charge in [-0.2, -0.15) is 0 Å². The van der Waals surface area contributed by atoms with Crippen LogP contribution < -0.4 is 0 Å². The Morgan fingerprint density at radius 1 is 1.62 bits per heavy atom.